The third-order valence-corrected chi connectivity index (χ3v) is 0. The normalized spacial score (nSPS) is 8.86. The maximum Gasteiger partial charge on any atom is 0.330 e. The second kappa shape index (κ2) is 3.72. The van der Waals surface area contributed by atoms with Gasteiger partial charge in [0.2, 0.25) is 0 Å². The van der Waals surface area contributed by atoms with Crippen LogP contribution in [0.4, 0.5) is 0 Å². The zero-order valence-corrected chi connectivity index (χ0v) is 4.18. The molecule has 0 amide bonds. The number of carbonyl (C=O) groups excluding carboxylic acids is 1. The Morgan fingerprint density at radius 2 is 1.43 bits per heavy atom. The molecule has 0 saturated carbocycles. The van der Waals surface area contributed by atoms with E-state index in [0.29, 0.717) is 0 Å². The van der Waals surface area contributed by atoms with E-state index in [1.807, 2.05) is 6.79 Å². The molecule has 5 nitrogen and oxygen atoms in total. The SMILES string of the molecule is C=O.NS(=O)(=O)O. The summed E-state index contributed by atoms with van der Waals surface area (Å²) in [6.45, 7) is 2.00. The van der Waals surface area contributed by atoms with E-state index >= 15 is 0 Å². The maximum atomic E-state index is 8.97. The third-order valence-electron chi connectivity index (χ3n) is 0. The van der Waals surface area contributed by atoms with Crippen LogP contribution in [0.25, 0.3) is 0 Å². The van der Waals surface area contributed by atoms with Crippen LogP contribution in [0.3, 0.4) is 0 Å². The summed E-state index contributed by atoms with van der Waals surface area (Å²) in [7, 11) is -4.17. The van der Waals surface area contributed by atoms with Gasteiger partial charge in [-0.3, -0.25) is 4.55 Å². The zero-order valence-electron chi connectivity index (χ0n) is 3.36. The van der Waals surface area contributed by atoms with Gasteiger partial charge >= 0.3 is 10.3 Å². The first-order chi connectivity index (χ1) is 3.00. The molecule has 7 heavy (non-hydrogen) atoms. The molecule has 44 valence electrons. The molecule has 0 heterocycles. The molecule has 0 spiro atoms. The van der Waals surface area contributed by atoms with Crippen molar-refractivity contribution in [2.24, 2.45) is 5.14 Å². The van der Waals surface area contributed by atoms with Gasteiger partial charge in [0.15, 0.2) is 0 Å². The highest BCUT2D eigenvalue weighted by molar-refractivity contribution is 7.83. The number of hydrogen-bond donors (Lipinski definition) is 2. The smallest absolute Gasteiger partial charge is 0.307 e. The van der Waals surface area contributed by atoms with Gasteiger partial charge in [-0.15, -0.1) is 0 Å². The van der Waals surface area contributed by atoms with E-state index in [1.54, 1.807) is 0 Å². The lowest BCUT2D eigenvalue weighted by Gasteiger charge is -1.70. The van der Waals surface area contributed by atoms with E-state index in [4.69, 9.17) is 17.8 Å². The number of carbonyl (C=O) groups is 1. The van der Waals surface area contributed by atoms with Crippen LogP contribution < -0.4 is 5.14 Å². The van der Waals surface area contributed by atoms with Gasteiger partial charge in [0.05, 0.1) is 0 Å². The Morgan fingerprint density at radius 1 is 1.43 bits per heavy atom. The minimum Gasteiger partial charge on any atom is -0.307 e. The predicted molar refractivity (Wildman–Crippen MR) is 22.9 cm³/mol. The summed E-state index contributed by atoms with van der Waals surface area (Å²) in [5, 5.41) is 3.88. The largest absolute Gasteiger partial charge is 0.330 e. The van der Waals surface area contributed by atoms with E-state index in [-0.39, 0.29) is 0 Å². The molecule has 0 bridgehead atoms. The van der Waals surface area contributed by atoms with Crippen LogP contribution in [0.5, 0.6) is 0 Å². The Bertz CT molecular complexity index is 106. The summed E-state index contributed by atoms with van der Waals surface area (Å²) in [4.78, 5) is 8.00. The molecular formula is CH5NO4S. The molecule has 0 atom stereocenters. The van der Waals surface area contributed by atoms with Crippen molar-refractivity contribution in [2.75, 3.05) is 0 Å². The second-order valence-electron chi connectivity index (χ2n) is 0.515. The van der Waals surface area contributed by atoms with E-state index in [1.165, 1.54) is 0 Å². The molecule has 0 unspecified atom stereocenters. The molecule has 0 aliphatic rings. The van der Waals surface area contributed by atoms with Crippen LogP contribution in [0, 0.1) is 0 Å². The van der Waals surface area contributed by atoms with E-state index in [0.717, 1.165) is 0 Å². The quantitative estimate of drug-likeness (QED) is 0.389. The first-order valence-corrected chi connectivity index (χ1v) is 2.54. The Hall–Kier alpha value is -0.460. The average molecular weight is 127 g/mol. The van der Waals surface area contributed by atoms with Crippen molar-refractivity contribution in [1.82, 2.24) is 0 Å². The highest BCUT2D eigenvalue weighted by atomic mass is 32.2. The Balaban J connectivity index is 0. The molecule has 3 N–H and O–H groups in total. The van der Waals surface area contributed by atoms with Crippen molar-refractivity contribution in [1.29, 1.82) is 0 Å². The van der Waals surface area contributed by atoms with Crippen molar-refractivity contribution >= 4 is 17.1 Å². The zero-order chi connectivity index (χ0) is 6.50. The first-order valence-electron chi connectivity index (χ1n) is 1.04. The summed E-state index contributed by atoms with van der Waals surface area (Å²) in [5.74, 6) is 0. The molecule has 0 saturated heterocycles. The van der Waals surface area contributed by atoms with E-state index in [9.17, 15) is 0 Å². The molecule has 0 aliphatic heterocycles. The lowest BCUT2D eigenvalue weighted by molar-refractivity contribution is -0.0979. The van der Waals surface area contributed by atoms with Crippen LogP contribution in [0.1, 0.15) is 0 Å². The predicted octanol–water partition coefficient (Wildman–Crippen LogP) is -1.44. The number of rotatable bonds is 0. The maximum absolute atomic E-state index is 8.97. The van der Waals surface area contributed by atoms with Gasteiger partial charge in [-0.2, -0.15) is 8.42 Å². The van der Waals surface area contributed by atoms with Crippen molar-refractivity contribution in [3.05, 3.63) is 0 Å². The molecule has 0 aliphatic carbocycles. The van der Waals surface area contributed by atoms with Crippen LogP contribution in [0.15, 0.2) is 0 Å². The fourth-order valence-corrected chi connectivity index (χ4v) is 0. The van der Waals surface area contributed by atoms with Gasteiger partial charge in [-0.05, 0) is 0 Å². The fraction of sp³-hybridized carbons (Fsp3) is 0. The summed E-state index contributed by atoms with van der Waals surface area (Å²) >= 11 is 0. The molecule has 0 aromatic carbocycles. The summed E-state index contributed by atoms with van der Waals surface area (Å²) in [6.07, 6.45) is 0. The van der Waals surface area contributed by atoms with Crippen molar-refractivity contribution < 1.29 is 17.8 Å². The highest BCUT2D eigenvalue weighted by Gasteiger charge is 1.81. The topological polar surface area (TPSA) is 97.5 Å². The molecule has 6 heteroatoms. The van der Waals surface area contributed by atoms with Gasteiger partial charge in [-0.25, -0.2) is 5.14 Å². The van der Waals surface area contributed by atoms with Gasteiger partial charge in [0, 0.05) is 0 Å². The van der Waals surface area contributed by atoms with Crippen molar-refractivity contribution in [3.8, 4) is 0 Å². The average Bonchev–Trinajstić information content (AvgIpc) is 1.36. The highest BCUT2D eigenvalue weighted by Crippen LogP contribution is 1.50. The van der Waals surface area contributed by atoms with Crippen LogP contribution >= 0.6 is 0 Å². The van der Waals surface area contributed by atoms with Crippen molar-refractivity contribution in [2.45, 2.75) is 0 Å². The first kappa shape index (κ1) is 9.74. The fourth-order valence-electron chi connectivity index (χ4n) is 0. The lowest BCUT2D eigenvalue weighted by Crippen LogP contribution is -2.08. The molecule has 0 aromatic heterocycles. The van der Waals surface area contributed by atoms with Gasteiger partial charge < -0.3 is 4.79 Å². The molecular weight excluding hydrogens is 122 g/mol. The summed E-state index contributed by atoms with van der Waals surface area (Å²) < 4.78 is 25.2. The van der Waals surface area contributed by atoms with Gasteiger partial charge in [0.25, 0.3) is 0 Å². The standard InChI is InChI=1S/CH2O.H3NO3S/c1-2;1-5(2,3)4/h1H2;(H3,1,2,3,4). The molecule has 0 radical (unpaired) electrons. The minimum absolute atomic E-state index is 2.00. The summed E-state index contributed by atoms with van der Waals surface area (Å²) in [6, 6.07) is 0. The second-order valence-corrected chi connectivity index (χ2v) is 1.54. The molecule has 0 rings (SSSR count). The third kappa shape index (κ3) is 328. The van der Waals surface area contributed by atoms with Crippen LogP contribution in [0.2, 0.25) is 0 Å². The van der Waals surface area contributed by atoms with Crippen molar-refractivity contribution in [3.63, 3.8) is 0 Å². The van der Waals surface area contributed by atoms with Gasteiger partial charge in [-0.1, -0.05) is 0 Å². The lowest BCUT2D eigenvalue weighted by atomic mass is 11.9. The number of hydrogen-bond acceptors (Lipinski definition) is 3. The van der Waals surface area contributed by atoms with Gasteiger partial charge in [0.1, 0.15) is 6.79 Å². The Kier molecular flexibility index (Phi) is 5.18. The Labute approximate surface area is 41.0 Å². The van der Waals surface area contributed by atoms with E-state index in [2.05, 4.69) is 5.14 Å². The molecule has 0 fully saturated rings. The minimum atomic E-state index is -4.17. The van der Waals surface area contributed by atoms with E-state index < -0.39 is 10.3 Å². The summed E-state index contributed by atoms with van der Waals surface area (Å²) in [5.41, 5.74) is 0. The molecule has 0 aromatic rings. The number of nitrogens with two attached hydrogens (primary N) is 1. The Morgan fingerprint density at radius 3 is 1.43 bits per heavy atom. The van der Waals surface area contributed by atoms with Crippen LogP contribution in [-0.4, -0.2) is 19.8 Å². The monoisotopic (exact) mass is 127 g/mol. The van der Waals surface area contributed by atoms with Crippen LogP contribution in [-0.2, 0) is 15.1 Å².